The van der Waals surface area contributed by atoms with Crippen molar-refractivity contribution >= 4 is 17.3 Å². The zero-order valence-corrected chi connectivity index (χ0v) is 10.4. The summed E-state index contributed by atoms with van der Waals surface area (Å²) in [6.45, 7) is 1.02. The Kier molecular flexibility index (Phi) is 3.05. The van der Waals surface area contributed by atoms with Crippen LogP contribution in [-0.2, 0) is 11.2 Å². The summed E-state index contributed by atoms with van der Waals surface area (Å²) in [7, 11) is 0. The van der Waals surface area contributed by atoms with Crippen LogP contribution in [0.1, 0.15) is 24.8 Å². The van der Waals surface area contributed by atoms with Gasteiger partial charge < -0.3 is 10.6 Å². The third-order valence-corrected chi connectivity index (χ3v) is 3.69. The average Bonchev–Trinajstić information content (AvgIpc) is 2.92. The van der Waals surface area contributed by atoms with Crippen LogP contribution < -0.4 is 10.6 Å². The van der Waals surface area contributed by atoms with Gasteiger partial charge in [-0.3, -0.25) is 4.79 Å². The number of carbonyl (C=O) groups excluding carboxylic acids is 1. The predicted molar refractivity (Wildman–Crippen MR) is 73.7 cm³/mol. The summed E-state index contributed by atoms with van der Waals surface area (Å²) in [6.07, 6.45) is 8.22. The van der Waals surface area contributed by atoms with Crippen molar-refractivity contribution < 1.29 is 4.79 Å². The minimum atomic E-state index is 0.119. The molecule has 3 nitrogen and oxygen atoms in total. The van der Waals surface area contributed by atoms with E-state index in [4.69, 9.17) is 0 Å². The molecule has 18 heavy (non-hydrogen) atoms. The van der Waals surface area contributed by atoms with Crippen molar-refractivity contribution in [2.24, 2.45) is 5.92 Å². The van der Waals surface area contributed by atoms with Crippen molar-refractivity contribution in [1.82, 2.24) is 0 Å². The third kappa shape index (κ3) is 2.26. The Hall–Kier alpha value is -1.77. The fraction of sp³-hybridized carbons (Fsp3) is 0.400. The number of anilines is 2. The van der Waals surface area contributed by atoms with Crippen molar-refractivity contribution in [3.8, 4) is 0 Å². The van der Waals surface area contributed by atoms with E-state index in [0.717, 1.165) is 31.5 Å². The van der Waals surface area contributed by atoms with Crippen molar-refractivity contribution in [2.45, 2.75) is 25.7 Å². The van der Waals surface area contributed by atoms with Crippen LogP contribution in [0.25, 0.3) is 0 Å². The molecule has 0 fully saturated rings. The largest absolute Gasteiger partial charge is 0.385 e. The van der Waals surface area contributed by atoms with Gasteiger partial charge in [0.15, 0.2) is 0 Å². The molecule has 0 saturated heterocycles. The van der Waals surface area contributed by atoms with Gasteiger partial charge in [-0.15, -0.1) is 0 Å². The maximum atomic E-state index is 12.0. The highest BCUT2D eigenvalue weighted by molar-refractivity contribution is 5.93. The fourth-order valence-electron chi connectivity index (χ4n) is 2.61. The number of carbonyl (C=O) groups is 1. The van der Waals surface area contributed by atoms with Gasteiger partial charge in [-0.1, -0.05) is 18.2 Å². The zero-order chi connectivity index (χ0) is 12.4. The average molecular weight is 242 g/mol. The molecule has 0 bridgehead atoms. The number of allylic oxidation sites excluding steroid dienone is 2. The van der Waals surface area contributed by atoms with Crippen molar-refractivity contribution in [2.75, 3.05) is 17.2 Å². The Morgan fingerprint density at radius 3 is 2.94 bits per heavy atom. The van der Waals surface area contributed by atoms with E-state index in [1.807, 2.05) is 6.07 Å². The van der Waals surface area contributed by atoms with Crippen LogP contribution in [0, 0.1) is 5.92 Å². The van der Waals surface area contributed by atoms with Gasteiger partial charge in [0, 0.05) is 23.8 Å². The molecule has 1 aromatic rings. The Morgan fingerprint density at radius 2 is 2.11 bits per heavy atom. The van der Waals surface area contributed by atoms with Gasteiger partial charge in [-0.2, -0.15) is 0 Å². The molecule has 1 aromatic carbocycles. The molecule has 1 aliphatic heterocycles. The van der Waals surface area contributed by atoms with Crippen LogP contribution in [0.5, 0.6) is 0 Å². The quantitative estimate of drug-likeness (QED) is 0.783. The number of hydrogen-bond acceptors (Lipinski definition) is 2. The number of amides is 1. The summed E-state index contributed by atoms with van der Waals surface area (Å²) < 4.78 is 0. The zero-order valence-electron chi connectivity index (χ0n) is 10.4. The molecule has 0 unspecified atom stereocenters. The molecular weight excluding hydrogens is 224 g/mol. The molecule has 1 aliphatic carbocycles. The van der Waals surface area contributed by atoms with Gasteiger partial charge in [-0.05, 0) is 43.4 Å². The van der Waals surface area contributed by atoms with Gasteiger partial charge in [0.25, 0.3) is 0 Å². The van der Waals surface area contributed by atoms with E-state index in [1.165, 1.54) is 17.7 Å². The highest BCUT2D eigenvalue weighted by atomic mass is 16.1. The van der Waals surface area contributed by atoms with Gasteiger partial charge in [-0.25, -0.2) is 0 Å². The molecule has 1 heterocycles. The highest BCUT2D eigenvalue weighted by Gasteiger charge is 2.19. The maximum Gasteiger partial charge on any atom is 0.228 e. The topological polar surface area (TPSA) is 41.1 Å². The number of rotatable bonds is 2. The van der Waals surface area contributed by atoms with Crippen LogP contribution in [-0.4, -0.2) is 12.5 Å². The lowest BCUT2D eigenvalue weighted by Crippen LogP contribution is -2.21. The SMILES string of the molecule is O=C(Nc1ccc2c(c1)NCCC2)C1CC=CC1. The molecule has 1 amide bonds. The van der Waals surface area contributed by atoms with Crippen molar-refractivity contribution in [3.05, 3.63) is 35.9 Å². The van der Waals surface area contributed by atoms with E-state index in [0.29, 0.717) is 0 Å². The summed E-state index contributed by atoms with van der Waals surface area (Å²) in [5.74, 6) is 0.254. The Bertz CT molecular complexity index is 485. The van der Waals surface area contributed by atoms with Crippen LogP contribution in [0.15, 0.2) is 30.4 Å². The molecule has 0 atom stereocenters. The fourth-order valence-corrected chi connectivity index (χ4v) is 2.61. The normalized spacial score (nSPS) is 18.2. The van der Waals surface area contributed by atoms with E-state index < -0.39 is 0 Å². The van der Waals surface area contributed by atoms with E-state index >= 15 is 0 Å². The number of fused-ring (bicyclic) bond motifs is 1. The molecule has 0 spiro atoms. The molecule has 2 N–H and O–H groups in total. The van der Waals surface area contributed by atoms with Gasteiger partial charge in [0.05, 0.1) is 0 Å². The lowest BCUT2D eigenvalue weighted by atomic mass is 10.0. The molecule has 3 heteroatoms. The van der Waals surface area contributed by atoms with Crippen LogP contribution in [0.2, 0.25) is 0 Å². The Morgan fingerprint density at radius 1 is 1.28 bits per heavy atom. The first-order valence-corrected chi connectivity index (χ1v) is 6.65. The second-order valence-electron chi connectivity index (χ2n) is 5.03. The molecule has 0 aromatic heterocycles. The molecule has 2 aliphatic rings. The first-order chi connectivity index (χ1) is 8.83. The molecular formula is C15H18N2O. The molecule has 3 rings (SSSR count). The summed E-state index contributed by atoms with van der Waals surface area (Å²) >= 11 is 0. The first kappa shape index (κ1) is 11.3. The first-order valence-electron chi connectivity index (χ1n) is 6.65. The van der Waals surface area contributed by atoms with Gasteiger partial charge >= 0.3 is 0 Å². The minimum Gasteiger partial charge on any atom is -0.385 e. The second-order valence-corrected chi connectivity index (χ2v) is 5.03. The molecule has 94 valence electrons. The van der Waals surface area contributed by atoms with Gasteiger partial charge in [0.1, 0.15) is 0 Å². The van der Waals surface area contributed by atoms with Crippen LogP contribution in [0.4, 0.5) is 11.4 Å². The highest BCUT2D eigenvalue weighted by Crippen LogP contribution is 2.26. The Labute approximate surface area is 107 Å². The summed E-state index contributed by atoms with van der Waals surface area (Å²) in [5, 5.41) is 6.40. The maximum absolute atomic E-state index is 12.0. The standard InChI is InChI=1S/C15H18N2O/c18-15(12-4-1-2-5-12)17-13-8-7-11-6-3-9-16-14(11)10-13/h1-2,7-8,10,12,16H,3-6,9H2,(H,17,18). The third-order valence-electron chi connectivity index (χ3n) is 3.69. The van der Waals surface area contributed by atoms with Crippen LogP contribution >= 0.6 is 0 Å². The van der Waals surface area contributed by atoms with Crippen molar-refractivity contribution in [3.63, 3.8) is 0 Å². The van der Waals surface area contributed by atoms with E-state index in [2.05, 4.69) is 34.9 Å². The summed E-state index contributed by atoms with van der Waals surface area (Å²) in [5.41, 5.74) is 3.42. The monoisotopic (exact) mass is 242 g/mol. The summed E-state index contributed by atoms with van der Waals surface area (Å²) in [6, 6.07) is 6.17. The lowest BCUT2D eigenvalue weighted by molar-refractivity contribution is -0.119. The minimum absolute atomic E-state index is 0.119. The number of aryl methyl sites for hydroxylation is 1. The molecule has 0 radical (unpaired) electrons. The van der Waals surface area contributed by atoms with Gasteiger partial charge in [0.2, 0.25) is 5.91 Å². The molecule has 0 saturated carbocycles. The van der Waals surface area contributed by atoms with Crippen molar-refractivity contribution in [1.29, 1.82) is 0 Å². The van der Waals surface area contributed by atoms with Crippen LogP contribution in [0.3, 0.4) is 0 Å². The lowest BCUT2D eigenvalue weighted by Gasteiger charge is -2.19. The number of benzene rings is 1. The number of nitrogens with one attached hydrogen (secondary N) is 2. The second kappa shape index (κ2) is 4.84. The van der Waals surface area contributed by atoms with E-state index in [1.54, 1.807) is 0 Å². The Balaban J connectivity index is 1.70. The van der Waals surface area contributed by atoms with E-state index in [-0.39, 0.29) is 11.8 Å². The van der Waals surface area contributed by atoms with E-state index in [9.17, 15) is 4.79 Å². The summed E-state index contributed by atoms with van der Waals surface area (Å²) in [4.78, 5) is 12.0. The smallest absolute Gasteiger partial charge is 0.228 e. The predicted octanol–water partition coefficient (Wildman–Crippen LogP) is 2.95. The number of hydrogen-bond donors (Lipinski definition) is 2.